The molecule has 0 radical (unpaired) electrons. The number of ether oxygens (including phenoxy) is 1. The molecule has 2 N–H and O–H groups in total. The van der Waals surface area contributed by atoms with Crippen LogP contribution in [0.3, 0.4) is 0 Å². The number of hydrazone groups is 1. The molecule has 1 unspecified atom stereocenters. The molecule has 0 aliphatic heterocycles. The van der Waals surface area contributed by atoms with Gasteiger partial charge >= 0.3 is 0 Å². The molecule has 0 fully saturated rings. The van der Waals surface area contributed by atoms with Gasteiger partial charge in [0.2, 0.25) is 0 Å². The van der Waals surface area contributed by atoms with E-state index in [9.17, 15) is 9.59 Å². The van der Waals surface area contributed by atoms with Crippen molar-refractivity contribution in [2.75, 3.05) is 7.11 Å². The number of rotatable bonds is 7. The van der Waals surface area contributed by atoms with E-state index in [1.165, 1.54) is 6.21 Å². The van der Waals surface area contributed by atoms with Crippen molar-refractivity contribution in [1.82, 2.24) is 10.7 Å². The number of nitrogens with zero attached hydrogens (tertiary/aromatic N) is 1. The van der Waals surface area contributed by atoms with Gasteiger partial charge in [-0.2, -0.15) is 5.10 Å². The molecular formula is C20H21BrClN3O3. The van der Waals surface area contributed by atoms with Gasteiger partial charge in [0.25, 0.3) is 11.8 Å². The Morgan fingerprint density at radius 1 is 1.21 bits per heavy atom. The van der Waals surface area contributed by atoms with E-state index in [1.807, 2.05) is 26.0 Å². The molecule has 2 rings (SSSR count). The van der Waals surface area contributed by atoms with E-state index in [-0.39, 0.29) is 11.8 Å². The van der Waals surface area contributed by atoms with Gasteiger partial charge in [0.15, 0.2) is 0 Å². The van der Waals surface area contributed by atoms with Crippen molar-refractivity contribution in [3.8, 4) is 5.75 Å². The summed E-state index contributed by atoms with van der Waals surface area (Å²) in [5, 5.41) is 7.17. The van der Waals surface area contributed by atoms with Crippen LogP contribution in [0.15, 0.2) is 52.0 Å². The molecule has 6 nitrogen and oxygen atoms in total. The number of hydrogen-bond donors (Lipinski definition) is 2. The lowest BCUT2D eigenvalue weighted by Gasteiger charge is -2.20. The Labute approximate surface area is 177 Å². The largest absolute Gasteiger partial charge is 0.496 e. The summed E-state index contributed by atoms with van der Waals surface area (Å²) in [5.41, 5.74) is 3.55. The van der Waals surface area contributed by atoms with E-state index in [1.54, 1.807) is 37.4 Å². The second kappa shape index (κ2) is 10.2. The minimum Gasteiger partial charge on any atom is -0.496 e. The Kier molecular flexibility index (Phi) is 8.02. The van der Waals surface area contributed by atoms with Gasteiger partial charge in [0, 0.05) is 20.6 Å². The molecule has 0 saturated heterocycles. The zero-order chi connectivity index (χ0) is 20.7. The van der Waals surface area contributed by atoms with Crippen LogP contribution in [0.2, 0.25) is 5.02 Å². The highest BCUT2D eigenvalue weighted by Gasteiger charge is 2.24. The third kappa shape index (κ3) is 6.07. The zero-order valence-corrected chi connectivity index (χ0v) is 18.0. The highest BCUT2D eigenvalue weighted by Crippen LogP contribution is 2.21. The van der Waals surface area contributed by atoms with Crippen LogP contribution in [0.25, 0.3) is 0 Å². The first-order valence-electron chi connectivity index (χ1n) is 8.54. The van der Waals surface area contributed by atoms with E-state index < -0.39 is 11.9 Å². The van der Waals surface area contributed by atoms with Crippen LogP contribution >= 0.6 is 27.5 Å². The van der Waals surface area contributed by atoms with Crippen LogP contribution in [0.1, 0.15) is 29.8 Å². The lowest BCUT2D eigenvalue weighted by molar-refractivity contribution is -0.123. The van der Waals surface area contributed by atoms with E-state index in [0.29, 0.717) is 21.9 Å². The minimum atomic E-state index is -0.756. The molecule has 0 bridgehead atoms. The summed E-state index contributed by atoms with van der Waals surface area (Å²) in [4.78, 5) is 24.9. The van der Waals surface area contributed by atoms with Gasteiger partial charge in [-0.15, -0.1) is 0 Å². The molecule has 2 aromatic rings. The molecule has 0 heterocycles. The Balaban J connectivity index is 2.07. The molecule has 8 heteroatoms. The standard InChI is InChI=1S/C20H21BrClN3O3/c1-12(2)18(24-19(26)13-5-4-6-16(22)10-13)20(27)25-23-11-14-9-15(21)7-8-17(14)28-3/h4-12,18H,1-3H3,(H,24,26)(H,25,27). The number of benzene rings is 2. The average molecular weight is 467 g/mol. The number of carbonyl (C=O) groups is 2. The number of carbonyl (C=O) groups excluding carboxylic acids is 2. The van der Waals surface area contributed by atoms with Gasteiger partial charge in [-0.05, 0) is 42.3 Å². The molecule has 28 heavy (non-hydrogen) atoms. The summed E-state index contributed by atoms with van der Waals surface area (Å²) in [6.45, 7) is 3.67. The van der Waals surface area contributed by atoms with Crippen LogP contribution in [0, 0.1) is 5.92 Å². The molecule has 1 atom stereocenters. The summed E-state index contributed by atoms with van der Waals surface area (Å²) in [6, 6.07) is 11.2. The molecule has 0 aromatic heterocycles. The van der Waals surface area contributed by atoms with Crippen molar-refractivity contribution in [2.24, 2.45) is 11.0 Å². The second-order valence-electron chi connectivity index (χ2n) is 6.33. The summed E-state index contributed by atoms with van der Waals surface area (Å²) in [7, 11) is 1.55. The Morgan fingerprint density at radius 2 is 1.96 bits per heavy atom. The summed E-state index contributed by atoms with van der Waals surface area (Å²) < 4.78 is 6.12. The fourth-order valence-corrected chi connectivity index (χ4v) is 3.00. The van der Waals surface area contributed by atoms with Crippen LogP contribution in [-0.4, -0.2) is 31.2 Å². The maximum atomic E-state index is 12.5. The van der Waals surface area contributed by atoms with Crippen molar-refractivity contribution in [2.45, 2.75) is 19.9 Å². The van der Waals surface area contributed by atoms with Gasteiger partial charge in [0.05, 0.1) is 13.3 Å². The number of methoxy groups -OCH3 is 1. The van der Waals surface area contributed by atoms with E-state index in [0.717, 1.165) is 4.47 Å². The smallest absolute Gasteiger partial charge is 0.262 e. The van der Waals surface area contributed by atoms with Crippen molar-refractivity contribution in [3.63, 3.8) is 0 Å². The Bertz CT molecular complexity index is 887. The molecule has 148 valence electrons. The van der Waals surface area contributed by atoms with Crippen molar-refractivity contribution < 1.29 is 14.3 Å². The van der Waals surface area contributed by atoms with Crippen LogP contribution in [-0.2, 0) is 4.79 Å². The van der Waals surface area contributed by atoms with Gasteiger partial charge < -0.3 is 10.1 Å². The molecule has 0 aliphatic carbocycles. The number of hydrogen-bond acceptors (Lipinski definition) is 4. The number of halogens is 2. The number of nitrogens with one attached hydrogen (secondary N) is 2. The van der Waals surface area contributed by atoms with Gasteiger partial charge in [-0.25, -0.2) is 5.43 Å². The van der Waals surface area contributed by atoms with Crippen molar-refractivity contribution in [3.05, 3.63) is 63.1 Å². The van der Waals surface area contributed by atoms with Gasteiger partial charge in [-0.3, -0.25) is 9.59 Å². The minimum absolute atomic E-state index is 0.140. The molecular weight excluding hydrogens is 446 g/mol. The third-order valence-electron chi connectivity index (χ3n) is 3.89. The molecule has 0 spiro atoms. The van der Waals surface area contributed by atoms with Crippen LogP contribution in [0.5, 0.6) is 5.75 Å². The van der Waals surface area contributed by atoms with Crippen molar-refractivity contribution in [1.29, 1.82) is 0 Å². The molecule has 2 amide bonds. The third-order valence-corrected chi connectivity index (χ3v) is 4.62. The highest BCUT2D eigenvalue weighted by atomic mass is 79.9. The summed E-state index contributed by atoms with van der Waals surface area (Å²) in [5.74, 6) is -0.320. The Morgan fingerprint density at radius 3 is 2.61 bits per heavy atom. The van der Waals surface area contributed by atoms with E-state index in [2.05, 4.69) is 31.8 Å². The molecule has 2 aromatic carbocycles. The first kappa shape index (κ1) is 21.9. The maximum Gasteiger partial charge on any atom is 0.262 e. The first-order chi connectivity index (χ1) is 13.3. The predicted octanol–water partition coefficient (Wildman–Crippen LogP) is 4.02. The molecule has 0 saturated carbocycles. The van der Waals surface area contributed by atoms with Crippen molar-refractivity contribution >= 4 is 45.6 Å². The number of amides is 2. The van der Waals surface area contributed by atoms with E-state index >= 15 is 0 Å². The first-order valence-corrected chi connectivity index (χ1v) is 9.71. The lowest BCUT2D eigenvalue weighted by atomic mass is 10.0. The SMILES string of the molecule is COc1ccc(Br)cc1C=NNC(=O)C(NC(=O)c1cccc(Cl)c1)C(C)C. The lowest BCUT2D eigenvalue weighted by Crippen LogP contribution is -2.48. The monoisotopic (exact) mass is 465 g/mol. The predicted molar refractivity (Wildman–Crippen MR) is 114 cm³/mol. The maximum absolute atomic E-state index is 12.5. The van der Waals surface area contributed by atoms with Crippen LogP contribution < -0.4 is 15.5 Å². The van der Waals surface area contributed by atoms with E-state index in [4.69, 9.17) is 16.3 Å². The molecule has 0 aliphatic rings. The normalized spacial score (nSPS) is 12.1. The quantitative estimate of drug-likeness (QED) is 0.478. The topological polar surface area (TPSA) is 79.8 Å². The average Bonchev–Trinajstić information content (AvgIpc) is 2.65. The van der Waals surface area contributed by atoms with Gasteiger partial charge in [0.1, 0.15) is 11.8 Å². The fraction of sp³-hybridized carbons (Fsp3) is 0.250. The zero-order valence-electron chi connectivity index (χ0n) is 15.7. The Hall–Kier alpha value is -2.38. The van der Waals surface area contributed by atoms with Gasteiger partial charge in [-0.1, -0.05) is 47.4 Å². The second-order valence-corrected chi connectivity index (χ2v) is 7.68. The highest BCUT2D eigenvalue weighted by molar-refractivity contribution is 9.10. The fourth-order valence-electron chi connectivity index (χ4n) is 2.43. The van der Waals surface area contributed by atoms with Crippen LogP contribution in [0.4, 0.5) is 0 Å². The summed E-state index contributed by atoms with van der Waals surface area (Å²) in [6.07, 6.45) is 1.48. The summed E-state index contributed by atoms with van der Waals surface area (Å²) >= 11 is 9.30.